The van der Waals surface area contributed by atoms with Crippen molar-refractivity contribution in [2.45, 2.75) is 59.8 Å². The Labute approximate surface area is 241 Å². The standard InChI is InChI=1S/C39H41N/c1-8-9-19-40-20-18-29-14-15-30(22-27(29)4)31-16-17-32(21-26(2)3)35(24-31)34-25-36-33-12-10-11-13-37(33)39(6,7)38(36)23-28(34)5/h8-17,19,22-25H,2,18,20-21H2,1,3-7H3/b9-8-,40-19-. The van der Waals surface area contributed by atoms with Gasteiger partial charge in [-0.15, -0.1) is 0 Å². The topological polar surface area (TPSA) is 12.4 Å². The number of nitrogens with zero attached hydrogens (tertiary/aromatic N) is 1. The molecule has 0 unspecified atom stereocenters. The molecular weight excluding hydrogens is 482 g/mol. The van der Waals surface area contributed by atoms with E-state index in [0.717, 1.165) is 19.4 Å². The van der Waals surface area contributed by atoms with Crippen LogP contribution in [-0.4, -0.2) is 12.8 Å². The van der Waals surface area contributed by atoms with Crippen molar-refractivity contribution in [2.75, 3.05) is 6.54 Å². The molecule has 1 aliphatic rings. The lowest BCUT2D eigenvalue weighted by molar-refractivity contribution is 0.660. The fraction of sp³-hybridized carbons (Fsp3) is 0.256. The van der Waals surface area contributed by atoms with Crippen LogP contribution >= 0.6 is 0 Å². The molecule has 0 N–H and O–H groups in total. The summed E-state index contributed by atoms with van der Waals surface area (Å²) >= 11 is 0. The van der Waals surface area contributed by atoms with Gasteiger partial charge in [-0.3, -0.25) is 4.99 Å². The molecule has 0 saturated carbocycles. The van der Waals surface area contributed by atoms with Gasteiger partial charge in [0.1, 0.15) is 0 Å². The van der Waals surface area contributed by atoms with E-state index in [-0.39, 0.29) is 5.41 Å². The number of hydrogen-bond acceptors (Lipinski definition) is 1. The Bertz CT molecular complexity index is 1640. The largest absolute Gasteiger partial charge is 0.293 e. The Morgan fingerprint density at radius 1 is 0.775 bits per heavy atom. The van der Waals surface area contributed by atoms with Gasteiger partial charge in [0, 0.05) is 18.2 Å². The number of benzene rings is 4. The third-order valence-electron chi connectivity index (χ3n) is 8.39. The highest BCUT2D eigenvalue weighted by molar-refractivity contribution is 5.87. The van der Waals surface area contributed by atoms with Crippen molar-refractivity contribution in [2.24, 2.45) is 4.99 Å². The van der Waals surface area contributed by atoms with Crippen LogP contribution in [0.1, 0.15) is 61.1 Å². The van der Waals surface area contributed by atoms with E-state index in [0.29, 0.717) is 0 Å². The van der Waals surface area contributed by atoms with E-state index in [1.807, 2.05) is 25.3 Å². The zero-order valence-electron chi connectivity index (χ0n) is 24.9. The Balaban J connectivity index is 1.57. The first-order chi connectivity index (χ1) is 19.2. The van der Waals surface area contributed by atoms with Crippen LogP contribution in [0.3, 0.4) is 0 Å². The molecular formula is C39H41N. The van der Waals surface area contributed by atoms with Crippen molar-refractivity contribution >= 4 is 6.21 Å². The van der Waals surface area contributed by atoms with Gasteiger partial charge in [-0.25, -0.2) is 0 Å². The van der Waals surface area contributed by atoms with Crippen LogP contribution in [0.15, 0.2) is 102 Å². The third kappa shape index (κ3) is 5.26. The van der Waals surface area contributed by atoms with Crippen molar-refractivity contribution in [3.8, 4) is 33.4 Å². The van der Waals surface area contributed by atoms with Gasteiger partial charge < -0.3 is 0 Å². The summed E-state index contributed by atoms with van der Waals surface area (Å²) in [6.07, 6.45) is 7.70. The predicted molar refractivity (Wildman–Crippen MR) is 175 cm³/mol. The average molecular weight is 524 g/mol. The normalized spacial score (nSPS) is 13.7. The average Bonchev–Trinajstić information content (AvgIpc) is 3.15. The minimum absolute atomic E-state index is 0.00881. The van der Waals surface area contributed by atoms with E-state index in [9.17, 15) is 0 Å². The maximum absolute atomic E-state index is 4.49. The van der Waals surface area contributed by atoms with E-state index in [2.05, 4.69) is 119 Å². The molecule has 0 heterocycles. The van der Waals surface area contributed by atoms with Gasteiger partial charge in [0.25, 0.3) is 0 Å². The van der Waals surface area contributed by atoms with Crippen LogP contribution < -0.4 is 0 Å². The maximum Gasteiger partial charge on any atom is 0.0429 e. The van der Waals surface area contributed by atoms with Gasteiger partial charge >= 0.3 is 0 Å². The molecule has 0 radical (unpaired) electrons. The van der Waals surface area contributed by atoms with Crippen molar-refractivity contribution in [1.29, 1.82) is 0 Å². The summed E-state index contributed by atoms with van der Waals surface area (Å²) in [7, 11) is 0. The van der Waals surface area contributed by atoms with Gasteiger partial charge in [-0.2, -0.15) is 0 Å². The third-order valence-corrected chi connectivity index (χ3v) is 8.39. The summed E-state index contributed by atoms with van der Waals surface area (Å²) in [5.41, 5.74) is 17.2. The minimum atomic E-state index is 0.00881. The molecule has 0 aliphatic heterocycles. The minimum Gasteiger partial charge on any atom is -0.293 e. The molecule has 202 valence electrons. The Morgan fingerprint density at radius 3 is 2.23 bits per heavy atom. The van der Waals surface area contributed by atoms with E-state index >= 15 is 0 Å². The van der Waals surface area contributed by atoms with Crippen LogP contribution in [0.2, 0.25) is 0 Å². The summed E-state index contributed by atoms with van der Waals surface area (Å²) in [5.74, 6) is 0. The van der Waals surface area contributed by atoms with Gasteiger partial charge in [0.2, 0.25) is 0 Å². The van der Waals surface area contributed by atoms with Crippen molar-refractivity contribution in [3.05, 3.63) is 130 Å². The molecule has 1 nitrogen and oxygen atoms in total. The highest BCUT2D eigenvalue weighted by Crippen LogP contribution is 2.50. The molecule has 0 fully saturated rings. The zero-order chi connectivity index (χ0) is 28.4. The molecule has 0 bridgehead atoms. The summed E-state index contributed by atoms with van der Waals surface area (Å²) in [5, 5.41) is 0. The van der Waals surface area contributed by atoms with Crippen LogP contribution in [-0.2, 0) is 18.3 Å². The zero-order valence-corrected chi connectivity index (χ0v) is 24.9. The van der Waals surface area contributed by atoms with E-state index in [1.54, 1.807) is 0 Å². The van der Waals surface area contributed by atoms with E-state index in [4.69, 9.17) is 0 Å². The molecule has 5 rings (SSSR count). The summed E-state index contributed by atoms with van der Waals surface area (Å²) < 4.78 is 0. The highest BCUT2D eigenvalue weighted by Gasteiger charge is 2.35. The molecule has 0 atom stereocenters. The number of aliphatic imine (C=N–C) groups is 1. The SMILES string of the molecule is C=C(C)Cc1ccc(-c2ccc(CC/N=C\C=C/C)c(C)c2)cc1-c1cc2c(cc1C)C(C)(C)c1ccccc1-2. The second-order valence-electron chi connectivity index (χ2n) is 11.9. The van der Waals surface area contributed by atoms with Crippen LogP contribution in [0, 0.1) is 13.8 Å². The highest BCUT2D eigenvalue weighted by atomic mass is 14.7. The lowest BCUT2D eigenvalue weighted by Gasteiger charge is -2.23. The molecule has 0 amide bonds. The molecule has 0 saturated heterocycles. The van der Waals surface area contributed by atoms with Gasteiger partial charge in [0.05, 0.1) is 0 Å². The number of fused-ring (bicyclic) bond motifs is 3. The summed E-state index contributed by atoms with van der Waals surface area (Å²) in [4.78, 5) is 4.49. The van der Waals surface area contributed by atoms with Crippen LogP contribution in [0.5, 0.6) is 0 Å². The fourth-order valence-corrected chi connectivity index (χ4v) is 6.19. The van der Waals surface area contributed by atoms with Crippen LogP contribution in [0.25, 0.3) is 33.4 Å². The lowest BCUT2D eigenvalue weighted by atomic mass is 9.81. The molecule has 0 spiro atoms. The summed E-state index contributed by atoms with van der Waals surface area (Å²) in [6.45, 7) is 18.4. The fourth-order valence-electron chi connectivity index (χ4n) is 6.19. The van der Waals surface area contributed by atoms with Crippen molar-refractivity contribution < 1.29 is 0 Å². The van der Waals surface area contributed by atoms with E-state index in [1.165, 1.54) is 72.3 Å². The first kappa shape index (κ1) is 27.6. The number of hydrogen-bond donors (Lipinski definition) is 0. The van der Waals surface area contributed by atoms with Crippen molar-refractivity contribution in [3.63, 3.8) is 0 Å². The molecule has 1 aliphatic carbocycles. The Hall–Kier alpha value is -3.97. The molecule has 0 aromatic heterocycles. The monoisotopic (exact) mass is 523 g/mol. The quantitative estimate of drug-likeness (QED) is 0.161. The molecule has 4 aromatic carbocycles. The number of aryl methyl sites for hydroxylation is 2. The molecule has 1 heteroatoms. The Kier molecular flexibility index (Phi) is 7.76. The number of rotatable bonds is 8. The number of allylic oxidation sites excluding steroid dienone is 3. The molecule has 4 aromatic rings. The van der Waals surface area contributed by atoms with Gasteiger partial charge in [-0.1, -0.05) is 92.7 Å². The Morgan fingerprint density at radius 2 is 1.50 bits per heavy atom. The maximum atomic E-state index is 4.49. The van der Waals surface area contributed by atoms with E-state index < -0.39 is 0 Å². The van der Waals surface area contributed by atoms with Crippen molar-refractivity contribution in [1.82, 2.24) is 0 Å². The van der Waals surface area contributed by atoms with Gasteiger partial charge in [-0.05, 0) is 126 Å². The predicted octanol–water partition coefficient (Wildman–Crippen LogP) is 10.3. The molecule has 40 heavy (non-hydrogen) atoms. The second-order valence-corrected chi connectivity index (χ2v) is 11.9. The first-order valence-electron chi connectivity index (χ1n) is 14.4. The second kappa shape index (κ2) is 11.3. The van der Waals surface area contributed by atoms with Gasteiger partial charge in [0.15, 0.2) is 0 Å². The lowest BCUT2D eigenvalue weighted by Crippen LogP contribution is -2.15. The summed E-state index contributed by atoms with van der Waals surface area (Å²) in [6, 6.07) is 27.6. The first-order valence-corrected chi connectivity index (χ1v) is 14.4. The smallest absolute Gasteiger partial charge is 0.0429 e. The van der Waals surface area contributed by atoms with Crippen LogP contribution in [0.4, 0.5) is 0 Å².